The third kappa shape index (κ3) is 3.09. The third-order valence-electron chi connectivity index (χ3n) is 9.92. The van der Waals surface area contributed by atoms with E-state index in [9.17, 15) is 0 Å². The van der Waals surface area contributed by atoms with Crippen molar-refractivity contribution < 1.29 is 11.3 Å². The van der Waals surface area contributed by atoms with Crippen LogP contribution in [0, 0.1) is 0 Å². The first kappa shape index (κ1) is 19.7. The van der Waals surface area contributed by atoms with Gasteiger partial charge in [-0.1, -0.05) is 123 Å². The second kappa shape index (κ2) is 8.36. The second-order valence-corrected chi connectivity index (χ2v) is 12.5. The second-order valence-electron chi connectivity index (χ2n) is 12.5. The maximum atomic E-state index is 8.67. The van der Waals surface area contributed by atoms with E-state index in [1.54, 1.807) is 0 Å². The van der Waals surface area contributed by atoms with Gasteiger partial charge < -0.3 is 4.42 Å². The van der Waals surface area contributed by atoms with Crippen LogP contribution in [0.25, 0.3) is 87.6 Å². The minimum Gasteiger partial charge on any atom is -0.456 e. The van der Waals surface area contributed by atoms with Crippen molar-refractivity contribution in [2.45, 2.75) is 19.3 Å². The lowest BCUT2D eigenvalue weighted by atomic mass is 9.82. The summed E-state index contributed by atoms with van der Waals surface area (Å²) in [6.07, 6.45) is 0. The average molecular weight is 566 g/mol. The summed E-state index contributed by atoms with van der Waals surface area (Å²) >= 11 is 0. The summed E-state index contributed by atoms with van der Waals surface area (Å²) < 4.78 is 48.6. The highest BCUT2D eigenvalue weighted by atomic mass is 16.3. The topological polar surface area (TPSA) is 13.1 Å². The highest BCUT2D eigenvalue weighted by Crippen LogP contribution is 2.51. The smallest absolute Gasteiger partial charge is 0.136 e. The van der Waals surface area contributed by atoms with Gasteiger partial charge in [0.2, 0.25) is 0 Å². The van der Waals surface area contributed by atoms with E-state index in [2.05, 4.69) is 98.8 Å². The molecule has 206 valence electrons. The van der Waals surface area contributed by atoms with Crippen LogP contribution >= 0.6 is 0 Å². The Kier molecular flexibility index (Phi) is 3.75. The number of furan rings is 1. The molecule has 0 radical (unpaired) electrons. The Morgan fingerprint density at radius 1 is 0.500 bits per heavy atom. The molecular weight excluding hydrogens is 532 g/mol. The van der Waals surface area contributed by atoms with Crippen molar-refractivity contribution >= 4 is 54.3 Å². The van der Waals surface area contributed by atoms with Gasteiger partial charge in [0.15, 0.2) is 0 Å². The number of rotatable bonds is 2. The Labute approximate surface area is 262 Å². The lowest BCUT2D eigenvalue weighted by molar-refractivity contribution is 0.647. The molecule has 1 heterocycles. The van der Waals surface area contributed by atoms with Gasteiger partial charge in [0.25, 0.3) is 0 Å². The van der Waals surface area contributed by atoms with Crippen LogP contribution < -0.4 is 0 Å². The van der Waals surface area contributed by atoms with Gasteiger partial charge >= 0.3 is 0 Å². The maximum Gasteiger partial charge on any atom is 0.136 e. The molecule has 1 aliphatic carbocycles. The monoisotopic (exact) mass is 565 g/mol. The fraction of sp³-hybridized carbons (Fsp3) is 0.0698. The lowest BCUT2D eigenvalue weighted by Gasteiger charge is -2.21. The number of fused-ring (bicyclic) bond motifs is 6. The molecule has 0 aliphatic heterocycles. The summed E-state index contributed by atoms with van der Waals surface area (Å²) in [6, 6.07) is 34.8. The molecule has 0 spiro atoms. The van der Waals surface area contributed by atoms with Crippen molar-refractivity contribution in [1.82, 2.24) is 0 Å². The summed E-state index contributed by atoms with van der Waals surface area (Å²) in [5.74, 6) is 0. The Morgan fingerprint density at radius 3 is 1.89 bits per heavy atom. The summed E-state index contributed by atoms with van der Waals surface area (Å²) in [6.45, 7) is 4.57. The molecule has 1 heteroatoms. The standard InChI is InChI=1S/C43H28O/c1-43(2)37-11-7-6-10-31(37)35-23-36-32-19-16-28(22-39(32)44-40(36)24-38(35)43)30-18-15-27-13-12-26-14-17-29(25-8-4-3-5-9-25)33-20-21-34(30)42(27)41(26)33/h3-24H,1-2H3/i3D,4D,5D,8D,9D. The first-order chi connectivity index (χ1) is 23.6. The molecule has 1 nitrogen and oxygen atoms in total. The van der Waals surface area contributed by atoms with Gasteiger partial charge in [-0.25, -0.2) is 0 Å². The van der Waals surface area contributed by atoms with Crippen LogP contribution in [0.2, 0.25) is 0 Å². The van der Waals surface area contributed by atoms with Crippen LogP contribution in [0.1, 0.15) is 31.8 Å². The van der Waals surface area contributed by atoms with Crippen molar-refractivity contribution in [3.05, 3.63) is 144 Å². The number of hydrogen-bond donors (Lipinski definition) is 0. The van der Waals surface area contributed by atoms with E-state index in [-0.39, 0.29) is 41.2 Å². The number of hydrogen-bond acceptors (Lipinski definition) is 1. The van der Waals surface area contributed by atoms with Crippen molar-refractivity contribution in [2.24, 2.45) is 0 Å². The van der Waals surface area contributed by atoms with Crippen molar-refractivity contribution in [2.75, 3.05) is 0 Å². The summed E-state index contributed by atoms with van der Waals surface area (Å²) in [5, 5.41) is 8.36. The summed E-state index contributed by atoms with van der Waals surface area (Å²) in [5.41, 5.74) is 9.81. The van der Waals surface area contributed by atoms with Crippen LogP contribution in [-0.2, 0) is 5.41 Å². The molecule has 0 saturated heterocycles. The van der Waals surface area contributed by atoms with Gasteiger partial charge in [-0.3, -0.25) is 0 Å². The molecule has 0 unspecified atom stereocenters. The highest BCUT2D eigenvalue weighted by molar-refractivity contribution is 6.27. The normalized spacial score (nSPS) is 15.5. The van der Waals surface area contributed by atoms with Crippen molar-refractivity contribution in [3.8, 4) is 33.4 Å². The van der Waals surface area contributed by atoms with E-state index in [0.29, 0.717) is 5.56 Å². The molecule has 1 aliphatic rings. The average Bonchev–Trinajstić information content (AvgIpc) is 3.59. The highest BCUT2D eigenvalue weighted by Gasteiger charge is 2.36. The first-order valence-electron chi connectivity index (χ1n) is 17.5. The van der Waals surface area contributed by atoms with Crippen LogP contribution in [0.4, 0.5) is 0 Å². The van der Waals surface area contributed by atoms with E-state index >= 15 is 0 Å². The van der Waals surface area contributed by atoms with Crippen LogP contribution in [-0.4, -0.2) is 0 Å². The predicted molar refractivity (Wildman–Crippen MR) is 186 cm³/mol. The Hall–Kier alpha value is -5.40. The molecule has 0 atom stereocenters. The molecule has 8 aromatic carbocycles. The van der Waals surface area contributed by atoms with Crippen molar-refractivity contribution in [1.29, 1.82) is 0 Å². The van der Waals surface area contributed by atoms with Gasteiger partial charge in [-0.15, -0.1) is 0 Å². The zero-order chi connectivity index (χ0) is 33.5. The minimum atomic E-state index is -0.388. The van der Waals surface area contributed by atoms with Gasteiger partial charge in [0, 0.05) is 16.2 Å². The largest absolute Gasteiger partial charge is 0.456 e. The zero-order valence-corrected chi connectivity index (χ0v) is 24.2. The molecule has 10 rings (SSSR count). The molecule has 0 fully saturated rings. The molecule has 0 bridgehead atoms. The van der Waals surface area contributed by atoms with E-state index in [0.717, 1.165) is 65.4 Å². The molecule has 9 aromatic rings. The molecule has 44 heavy (non-hydrogen) atoms. The quantitative estimate of drug-likeness (QED) is 0.190. The van der Waals surface area contributed by atoms with Gasteiger partial charge in [-0.05, 0) is 101 Å². The predicted octanol–water partition coefficient (Wildman–Crippen LogP) is 12.1. The molecule has 1 aromatic heterocycles. The summed E-state index contributed by atoms with van der Waals surface area (Å²) in [7, 11) is 0. The molecule has 0 N–H and O–H groups in total. The third-order valence-corrected chi connectivity index (χ3v) is 9.92. The Morgan fingerprint density at radius 2 is 1.14 bits per heavy atom. The first-order valence-corrected chi connectivity index (χ1v) is 15.0. The molecular formula is C43H28O. The maximum absolute atomic E-state index is 8.67. The van der Waals surface area contributed by atoms with Gasteiger partial charge in [0.1, 0.15) is 11.2 Å². The van der Waals surface area contributed by atoms with Crippen molar-refractivity contribution in [3.63, 3.8) is 0 Å². The Bertz CT molecular complexity index is 2890. The fourth-order valence-electron chi connectivity index (χ4n) is 7.79. The van der Waals surface area contributed by atoms with Gasteiger partial charge in [-0.2, -0.15) is 0 Å². The number of benzene rings is 8. The Balaban J connectivity index is 1.18. The van der Waals surface area contributed by atoms with E-state index in [4.69, 9.17) is 11.3 Å². The lowest BCUT2D eigenvalue weighted by Crippen LogP contribution is -2.14. The SMILES string of the molecule is [2H]c1c([2H])c([2H])c(-c2ccc3ccc4ccc(-c5ccc6c(c5)oc5cc7c(cc56)-c5ccccc5C7(C)C)c5ccc2c3c45)c([2H])c1[2H]. The van der Waals surface area contributed by atoms with Crippen LogP contribution in [0.5, 0.6) is 0 Å². The summed E-state index contributed by atoms with van der Waals surface area (Å²) in [4.78, 5) is 0. The van der Waals surface area contributed by atoms with Crippen LogP contribution in [0.15, 0.2) is 138 Å². The zero-order valence-electron chi connectivity index (χ0n) is 29.2. The fourth-order valence-corrected chi connectivity index (χ4v) is 7.79. The van der Waals surface area contributed by atoms with E-state index in [1.165, 1.54) is 22.3 Å². The minimum absolute atomic E-state index is 0.103. The van der Waals surface area contributed by atoms with E-state index < -0.39 is 0 Å². The van der Waals surface area contributed by atoms with E-state index in [1.807, 2.05) is 18.2 Å². The molecule has 0 saturated carbocycles. The van der Waals surface area contributed by atoms with Crippen LogP contribution in [0.3, 0.4) is 0 Å². The molecule has 0 amide bonds. The van der Waals surface area contributed by atoms with Gasteiger partial charge in [0.05, 0.1) is 6.85 Å².